The molecule has 1 saturated heterocycles. The molecule has 1 aromatic rings. The summed E-state index contributed by atoms with van der Waals surface area (Å²) in [4.78, 5) is 0. The largest absolute Gasteiger partial charge is 0.313 e. The van der Waals surface area contributed by atoms with Crippen LogP contribution in [0.25, 0.3) is 0 Å². The van der Waals surface area contributed by atoms with E-state index in [1.807, 2.05) is 0 Å². The SMILES string of the molecule is Cl.FC1(c2ccc(Cl)cc2)CCNC1. The molecule has 1 aliphatic heterocycles. The molecule has 1 fully saturated rings. The van der Waals surface area contributed by atoms with Crippen molar-refractivity contribution in [1.29, 1.82) is 0 Å². The maximum atomic E-state index is 14.1. The minimum atomic E-state index is -1.19. The van der Waals surface area contributed by atoms with Gasteiger partial charge in [0.15, 0.2) is 0 Å². The van der Waals surface area contributed by atoms with Crippen LogP contribution in [-0.4, -0.2) is 13.1 Å². The van der Waals surface area contributed by atoms with Crippen molar-refractivity contribution in [3.8, 4) is 0 Å². The van der Waals surface area contributed by atoms with Crippen LogP contribution in [0.1, 0.15) is 12.0 Å². The molecule has 0 bridgehead atoms. The van der Waals surface area contributed by atoms with Crippen LogP contribution >= 0.6 is 24.0 Å². The van der Waals surface area contributed by atoms with Gasteiger partial charge in [-0.25, -0.2) is 4.39 Å². The van der Waals surface area contributed by atoms with Gasteiger partial charge >= 0.3 is 0 Å². The van der Waals surface area contributed by atoms with Gasteiger partial charge in [0, 0.05) is 11.6 Å². The lowest BCUT2D eigenvalue weighted by atomic mass is 9.95. The first-order valence-corrected chi connectivity index (χ1v) is 4.74. The molecule has 0 amide bonds. The quantitative estimate of drug-likeness (QED) is 0.790. The van der Waals surface area contributed by atoms with E-state index in [0.717, 1.165) is 12.1 Å². The van der Waals surface area contributed by atoms with Gasteiger partial charge in [0.1, 0.15) is 5.67 Å². The Balaban J connectivity index is 0.000000980. The van der Waals surface area contributed by atoms with Gasteiger partial charge in [-0.15, -0.1) is 12.4 Å². The van der Waals surface area contributed by atoms with Gasteiger partial charge in [0.2, 0.25) is 0 Å². The number of rotatable bonds is 1. The van der Waals surface area contributed by atoms with Crippen LogP contribution in [-0.2, 0) is 5.67 Å². The molecule has 4 heteroatoms. The van der Waals surface area contributed by atoms with E-state index in [0.29, 0.717) is 18.0 Å². The van der Waals surface area contributed by atoms with E-state index in [-0.39, 0.29) is 12.4 Å². The molecule has 1 heterocycles. The first kappa shape index (κ1) is 11.8. The van der Waals surface area contributed by atoms with Crippen molar-refractivity contribution in [3.63, 3.8) is 0 Å². The van der Waals surface area contributed by atoms with Crippen LogP contribution in [0, 0.1) is 0 Å². The van der Waals surface area contributed by atoms with Crippen molar-refractivity contribution in [1.82, 2.24) is 5.32 Å². The number of halogens is 3. The van der Waals surface area contributed by atoms with Gasteiger partial charge in [0.25, 0.3) is 0 Å². The van der Waals surface area contributed by atoms with E-state index < -0.39 is 5.67 Å². The Morgan fingerprint density at radius 2 is 1.93 bits per heavy atom. The Labute approximate surface area is 94.1 Å². The monoisotopic (exact) mass is 235 g/mol. The molecule has 0 radical (unpaired) electrons. The highest BCUT2D eigenvalue weighted by Crippen LogP contribution is 2.32. The number of benzene rings is 1. The van der Waals surface area contributed by atoms with Crippen LogP contribution < -0.4 is 5.32 Å². The Bertz CT molecular complexity index is 293. The Hall–Kier alpha value is -0.310. The number of hydrogen-bond acceptors (Lipinski definition) is 1. The molecule has 0 aliphatic carbocycles. The fraction of sp³-hybridized carbons (Fsp3) is 0.400. The van der Waals surface area contributed by atoms with Crippen LogP contribution in [0.5, 0.6) is 0 Å². The molecule has 14 heavy (non-hydrogen) atoms. The highest BCUT2D eigenvalue weighted by molar-refractivity contribution is 6.30. The van der Waals surface area contributed by atoms with Crippen molar-refractivity contribution in [2.24, 2.45) is 0 Å². The van der Waals surface area contributed by atoms with Crippen LogP contribution in [0.3, 0.4) is 0 Å². The maximum Gasteiger partial charge on any atom is 0.149 e. The highest BCUT2D eigenvalue weighted by Gasteiger charge is 2.35. The maximum absolute atomic E-state index is 14.1. The minimum Gasteiger partial charge on any atom is -0.313 e. The molecule has 2 rings (SSSR count). The summed E-state index contributed by atoms with van der Waals surface area (Å²) in [7, 11) is 0. The lowest BCUT2D eigenvalue weighted by Crippen LogP contribution is -2.22. The lowest BCUT2D eigenvalue weighted by molar-refractivity contribution is 0.193. The molecule has 1 atom stereocenters. The zero-order chi connectivity index (χ0) is 9.31. The Morgan fingerprint density at radius 3 is 2.43 bits per heavy atom. The van der Waals surface area contributed by atoms with E-state index >= 15 is 0 Å². The second kappa shape index (κ2) is 4.47. The molecule has 1 nitrogen and oxygen atoms in total. The Kier molecular flexibility index (Phi) is 3.76. The molecule has 1 unspecified atom stereocenters. The van der Waals surface area contributed by atoms with Crippen molar-refractivity contribution >= 4 is 24.0 Å². The molecular weight excluding hydrogens is 224 g/mol. The van der Waals surface area contributed by atoms with Gasteiger partial charge < -0.3 is 5.32 Å². The average molecular weight is 236 g/mol. The van der Waals surface area contributed by atoms with Gasteiger partial charge in [-0.3, -0.25) is 0 Å². The molecule has 0 saturated carbocycles. The summed E-state index contributed by atoms with van der Waals surface area (Å²) in [6, 6.07) is 6.98. The number of nitrogens with one attached hydrogen (secondary N) is 1. The van der Waals surface area contributed by atoms with Gasteiger partial charge in [-0.05, 0) is 30.7 Å². The smallest absolute Gasteiger partial charge is 0.149 e. The standard InChI is InChI=1S/C10H11ClFN.ClH/c11-9-3-1-8(2-4-9)10(12)5-6-13-7-10;/h1-4,13H,5-7H2;1H. The van der Waals surface area contributed by atoms with Crippen LogP contribution in [0.2, 0.25) is 5.02 Å². The molecule has 1 aliphatic rings. The zero-order valence-corrected chi connectivity index (χ0v) is 9.17. The van der Waals surface area contributed by atoms with E-state index in [1.165, 1.54) is 0 Å². The summed E-state index contributed by atoms with van der Waals surface area (Å²) in [5, 5.41) is 3.67. The molecule has 0 spiro atoms. The van der Waals surface area contributed by atoms with Crippen molar-refractivity contribution in [3.05, 3.63) is 34.9 Å². The summed E-state index contributed by atoms with van der Waals surface area (Å²) < 4.78 is 14.1. The summed E-state index contributed by atoms with van der Waals surface area (Å²) in [6.07, 6.45) is 0.550. The summed E-state index contributed by atoms with van der Waals surface area (Å²) >= 11 is 5.73. The number of hydrogen-bond donors (Lipinski definition) is 1. The van der Waals surface area contributed by atoms with Crippen LogP contribution in [0.4, 0.5) is 4.39 Å². The minimum absolute atomic E-state index is 0. The second-order valence-corrected chi connectivity index (χ2v) is 3.84. The zero-order valence-electron chi connectivity index (χ0n) is 7.59. The van der Waals surface area contributed by atoms with Gasteiger partial charge in [-0.1, -0.05) is 23.7 Å². The van der Waals surface area contributed by atoms with Crippen molar-refractivity contribution < 1.29 is 4.39 Å². The highest BCUT2D eigenvalue weighted by atomic mass is 35.5. The predicted octanol–water partition coefficient (Wildman–Crippen LogP) is 2.92. The van der Waals surface area contributed by atoms with Gasteiger partial charge in [-0.2, -0.15) is 0 Å². The van der Waals surface area contributed by atoms with Gasteiger partial charge in [0.05, 0.1) is 0 Å². The third-order valence-electron chi connectivity index (χ3n) is 2.46. The fourth-order valence-electron chi connectivity index (χ4n) is 1.66. The summed E-state index contributed by atoms with van der Waals surface area (Å²) in [5.41, 5.74) is -0.466. The molecular formula is C10H12Cl2FN. The predicted molar refractivity (Wildman–Crippen MR) is 59.0 cm³/mol. The molecule has 0 aromatic heterocycles. The van der Waals surface area contributed by atoms with E-state index in [4.69, 9.17) is 11.6 Å². The first-order chi connectivity index (χ1) is 6.21. The van der Waals surface area contributed by atoms with Crippen LogP contribution in [0.15, 0.2) is 24.3 Å². The van der Waals surface area contributed by atoms with Crippen molar-refractivity contribution in [2.45, 2.75) is 12.1 Å². The average Bonchev–Trinajstić information content (AvgIpc) is 2.54. The third-order valence-corrected chi connectivity index (χ3v) is 2.72. The third kappa shape index (κ3) is 2.19. The van der Waals surface area contributed by atoms with E-state index in [9.17, 15) is 4.39 Å². The summed E-state index contributed by atoms with van der Waals surface area (Å²) in [6.45, 7) is 1.16. The Morgan fingerprint density at radius 1 is 1.29 bits per heavy atom. The van der Waals surface area contributed by atoms with E-state index in [2.05, 4.69) is 5.32 Å². The first-order valence-electron chi connectivity index (χ1n) is 4.36. The molecule has 78 valence electrons. The summed E-state index contributed by atoms with van der Waals surface area (Å²) in [5.74, 6) is 0. The van der Waals surface area contributed by atoms with Crippen molar-refractivity contribution in [2.75, 3.05) is 13.1 Å². The normalized spacial score (nSPS) is 25.9. The van der Waals surface area contributed by atoms with E-state index in [1.54, 1.807) is 24.3 Å². The fourth-order valence-corrected chi connectivity index (χ4v) is 1.78. The second-order valence-electron chi connectivity index (χ2n) is 3.40. The topological polar surface area (TPSA) is 12.0 Å². The lowest BCUT2D eigenvalue weighted by Gasteiger charge is -2.18. The number of alkyl halides is 1. The molecule has 1 N–H and O–H groups in total. The molecule has 1 aromatic carbocycles.